The van der Waals surface area contributed by atoms with E-state index >= 15 is 0 Å². The Bertz CT molecular complexity index is 1040. The molecule has 4 nitrogen and oxygen atoms in total. The van der Waals surface area contributed by atoms with Crippen molar-refractivity contribution in [1.29, 1.82) is 0 Å². The van der Waals surface area contributed by atoms with Gasteiger partial charge in [0.15, 0.2) is 5.82 Å². The second kappa shape index (κ2) is 7.68. The molecule has 2 heterocycles. The van der Waals surface area contributed by atoms with Crippen LogP contribution in [-0.2, 0) is 5.88 Å². The molecule has 0 fully saturated rings. The average molecular weight is 377 g/mol. The van der Waals surface area contributed by atoms with E-state index in [1.807, 2.05) is 88.1 Å². The van der Waals surface area contributed by atoms with Crippen LogP contribution in [0.25, 0.3) is 17.1 Å². The van der Waals surface area contributed by atoms with Crippen molar-refractivity contribution >= 4 is 24.0 Å². The van der Waals surface area contributed by atoms with Gasteiger partial charge in [0.2, 0.25) is 4.77 Å². The first kappa shape index (κ1) is 16.8. The molecule has 4 aromatic rings. The molecule has 128 valence electrons. The third-order valence-corrected chi connectivity index (χ3v) is 5.16. The van der Waals surface area contributed by atoms with Crippen molar-refractivity contribution in [3.05, 3.63) is 89.8 Å². The summed E-state index contributed by atoms with van der Waals surface area (Å²) in [4.78, 5) is 4.35. The maximum atomic E-state index is 5.74. The van der Waals surface area contributed by atoms with Crippen molar-refractivity contribution in [1.82, 2.24) is 19.3 Å². The number of rotatable bonds is 5. The van der Waals surface area contributed by atoms with Crippen molar-refractivity contribution in [2.45, 2.75) is 10.9 Å². The molecule has 0 saturated carbocycles. The number of thioether (sulfide) groups is 1. The van der Waals surface area contributed by atoms with E-state index in [9.17, 15) is 0 Å². The Hall–Kier alpha value is -2.70. The first-order valence-electron chi connectivity index (χ1n) is 8.17. The van der Waals surface area contributed by atoms with Crippen molar-refractivity contribution < 1.29 is 0 Å². The predicted molar refractivity (Wildman–Crippen MR) is 108 cm³/mol. The van der Waals surface area contributed by atoms with E-state index in [0.717, 1.165) is 22.1 Å². The van der Waals surface area contributed by atoms with E-state index in [1.165, 1.54) is 0 Å². The van der Waals surface area contributed by atoms with Gasteiger partial charge in [-0.05, 0) is 36.5 Å². The van der Waals surface area contributed by atoms with Crippen LogP contribution in [0.2, 0.25) is 0 Å². The summed E-state index contributed by atoms with van der Waals surface area (Å²) in [5, 5.41) is 5.75. The summed E-state index contributed by atoms with van der Waals surface area (Å²) in [6, 6.07) is 26.1. The van der Waals surface area contributed by atoms with Crippen molar-refractivity contribution in [2.24, 2.45) is 0 Å². The van der Waals surface area contributed by atoms with Gasteiger partial charge in [0.25, 0.3) is 0 Å². The van der Waals surface area contributed by atoms with Gasteiger partial charge in [-0.25, -0.2) is 9.67 Å². The predicted octanol–water partition coefficient (Wildman–Crippen LogP) is 5.22. The molecule has 0 aliphatic rings. The van der Waals surface area contributed by atoms with E-state index in [1.54, 1.807) is 18.0 Å². The van der Waals surface area contributed by atoms with Crippen LogP contribution in [0.4, 0.5) is 0 Å². The van der Waals surface area contributed by atoms with Crippen LogP contribution in [0.15, 0.2) is 90.1 Å². The molecule has 4 rings (SSSR count). The maximum Gasteiger partial charge on any atom is 0.203 e. The Labute approximate surface area is 161 Å². The minimum Gasteiger partial charge on any atom is -0.268 e. The van der Waals surface area contributed by atoms with Crippen LogP contribution in [-0.4, -0.2) is 19.3 Å². The lowest BCUT2D eigenvalue weighted by molar-refractivity contribution is 0.733. The molecule has 0 saturated heterocycles. The molecule has 0 unspecified atom stereocenters. The molecule has 0 aliphatic carbocycles. The molecule has 2 aromatic carbocycles. The quantitative estimate of drug-likeness (QED) is 0.354. The summed E-state index contributed by atoms with van der Waals surface area (Å²) in [5.41, 5.74) is 2.04. The minimum absolute atomic E-state index is 0.607. The monoisotopic (exact) mass is 376 g/mol. The Balaban J connectivity index is 1.77. The molecular weight excluding hydrogens is 360 g/mol. The number of aromatic nitrogens is 4. The van der Waals surface area contributed by atoms with Crippen LogP contribution in [0.5, 0.6) is 0 Å². The summed E-state index contributed by atoms with van der Waals surface area (Å²) in [6.07, 6.45) is 1.79. The number of nitrogens with zero attached hydrogens (tertiary/aromatic N) is 4. The SMILES string of the molecule is S=c1n(CSc2ccccn2)nc(-c2ccccc2)n1-c1ccccc1. The molecule has 0 spiro atoms. The summed E-state index contributed by atoms with van der Waals surface area (Å²) >= 11 is 7.35. The smallest absolute Gasteiger partial charge is 0.203 e. The van der Waals surface area contributed by atoms with Gasteiger partial charge in [-0.3, -0.25) is 4.57 Å². The molecule has 0 atom stereocenters. The van der Waals surface area contributed by atoms with Crippen LogP contribution in [0.3, 0.4) is 0 Å². The van der Waals surface area contributed by atoms with Crippen LogP contribution >= 0.6 is 24.0 Å². The maximum absolute atomic E-state index is 5.74. The Morgan fingerprint density at radius 3 is 2.23 bits per heavy atom. The fraction of sp³-hybridized carbons (Fsp3) is 0.0500. The zero-order chi connectivity index (χ0) is 17.8. The second-order valence-corrected chi connectivity index (χ2v) is 6.91. The van der Waals surface area contributed by atoms with Gasteiger partial charge in [-0.2, -0.15) is 5.10 Å². The third kappa shape index (κ3) is 3.47. The molecular formula is C20H16N4S2. The summed E-state index contributed by atoms with van der Waals surface area (Å²) in [5.74, 6) is 1.44. The first-order valence-corrected chi connectivity index (χ1v) is 9.57. The molecule has 0 N–H and O–H groups in total. The highest BCUT2D eigenvalue weighted by atomic mass is 32.2. The van der Waals surface area contributed by atoms with E-state index < -0.39 is 0 Å². The molecule has 6 heteroatoms. The second-order valence-electron chi connectivity index (χ2n) is 5.58. The van der Waals surface area contributed by atoms with Gasteiger partial charge in [-0.15, -0.1) is 0 Å². The minimum atomic E-state index is 0.607. The Kier molecular flexibility index (Phi) is 4.95. The Morgan fingerprint density at radius 1 is 0.846 bits per heavy atom. The molecule has 0 amide bonds. The van der Waals surface area contributed by atoms with Gasteiger partial charge in [0.1, 0.15) is 0 Å². The van der Waals surface area contributed by atoms with E-state index in [4.69, 9.17) is 17.3 Å². The fourth-order valence-electron chi connectivity index (χ4n) is 2.64. The van der Waals surface area contributed by atoms with Crippen LogP contribution in [0, 0.1) is 4.77 Å². The molecule has 2 aromatic heterocycles. The highest BCUT2D eigenvalue weighted by Crippen LogP contribution is 2.24. The number of benzene rings is 2. The Morgan fingerprint density at radius 2 is 1.54 bits per heavy atom. The van der Waals surface area contributed by atoms with Gasteiger partial charge in [0.05, 0.1) is 10.9 Å². The zero-order valence-electron chi connectivity index (χ0n) is 13.9. The topological polar surface area (TPSA) is 35.6 Å². The number of pyridine rings is 1. The van der Waals surface area contributed by atoms with Gasteiger partial charge >= 0.3 is 0 Å². The normalized spacial score (nSPS) is 10.8. The van der Waals surface area contributed by atoms with E-state index in [2.05, 4.69) is 4.98 Å². The van der Waals surface area contributed by atoms with Crippen molar-refractivity contribution in [2.75, 3.05) is 0 Å². The van der Waals surface area contributed by atoms with Crippen LogP contribution in [0.1, 0.15) is 0 Å². The molecule has 26 heavy (non-hydrogen) atoms. The van der Waals surface area contributed by atoms with Crippen molar-refractivity contribution in [3.8, 4) is 17.1 Å². The highest BCUT2D eigenvalue weighted by Gasteiger charge is 2.14. The summed E-state index contributed by atoms with van der Waals surface area (Å²) < 4.78 is 4.53. The molecule has 0 radical (unpaired) electrons. The lowest BCUT2D eigenvalue weighted by Gasteiger charge is -2.06. The zero-order valence-corrected chi connectivity index (χ0v) is 15.5. The largest absolute Gasteiger partial charge is 0.268 e. The van der Waals surface area contributed by atoms with E-state index in [0.29, 0.717) is 10.6 Å². The lowest BCUT2D eigenvalue weighted by atomic mass is 10.2. The van der Waals surface area contributed by atoms with Gasteiger partial charge in [0, 0.05) is 17.4 Å². The number of para-hydroxylation sites is 1. The highest BCUT2D eigenvalue weighted by molar-refractivity contribution is 7.98. The first-order chi connectivity index (χ1) is 12.8. The molecule has 0 bridgehead atoms. The lowest BCUT2D eigenvalue weighted by Crippen LogP contribution is -1.99. The average Bonchev–Trinajstić information content (AvgIpc) is 3.05. The number of hydrogen-bond donors (Lipinski definition) is 0. The van der Waals surface area contributed by atoms with E-state index in [-0.39, 0.29) is 0 Å². The summed E-state index contributed by atoms with van der Waals surface area (Å²) in [7, 11) is 0. The number of hydrogen-bond acceptors (Lipinski definition) is 4. The standard InChI is InChI=1S/C20H16N4S2/c25-20-23(15-26-18-13-7-8-14-21-18)22-19(16-9-3-1-4-10-16)24(20)17-11-5-2-6-12-17/h1-14H,15H2. The van der Waals surface area contributed by atoms with Gasteiger partial charge in [-0.1, -0.05) is 66.4 Å². The third-order valence-electron chi connectivity index (χ3n) is 3.86. The summed E-state index contributed by atoms with van der Waals surface area (Å²) in [6.45, 7) is 0. The fourth-order valence-corrected chi connectivity index (χ4v) is 3.76. The molecule has 0 aliphatic heterocycles. The van der Waals surface area contributed by atoms with Gasteiger partial charge < -0.3 is 0 Å². The van der Waals surface area contributed by atoms with Crippen LogP contribution < -0.4 is 0 Å². The van der Waals surface area contributed by atoms with Crippen molar-refractivity contribution in [3.63, 3.8) is 0 Å².